The van der Waals surface area contributed by atoms with Crippen molar-refractivity contribution in [3.05, 3.63) is 29.8 Å². The van der Waals surface area contributed by atoms with Gasteiger partial charge in [0.1, 0.15) is 0 Å². The van der Waals surface area contributed by atoms with E-state index in [1.54, 1.807) is 24.3 Å². The Morgan fingerprint density at radius 2 is 2.00 bits per heavy atom. The Bertz CT molecular complexity index is 456. The Hall–Kier alpha value is -1.84. The van der Waals surface area contributed by atoms with Crippen LogP contribution >= 0.6 is 0 Å². The number of esters is 1. The van der Waals surface area contributed by atoms with Gasteiger partial charge < -0.3 is 10.1 Å². The molecule has 0 heterocycles. The number of methoxy groups -OCH3 is 1. The molecule has 0 spiro atoms. The maximum Gasteiger partial charge on any atom is 0.339 e. The highest BCUT2D eigenvalue weighted by atomic mass is 16.5. The van der Waals surface area contributed by atoms with Gasteiger partial charge in [-0.2, -0.15) is 0 Å². The molecule has 17 heavy (non-hydrogen) atoms. The van der Waals surface area contributed by atoms with Crippen molar-refractivity contribution in [1.82, 2.24) is 0 Å². The van der Waals surface area contributed by atoms with Crippen molar-refractivity contribution in [1.29, 1.82) is 0 Å². The van der Waals surface area contributed by atoms with E-state index in [0.717, 1.165) is 6.42 Å². The zero-order valence-electron chi connectivity index (χ0n) is 9.90. The van der Waals surface area contributed by atoms with E-state index in [0.29, 0.717) is 17.2 Å². The summed E-state index contributed by atoms with van der Waals surface area (Å²) in [7, 11) is 1.32. The van der Waals surface area contributed by atoms with Crippen LogP contribution in [-0.4, -0.2) is 19.0 Å². The van der Waals surface area contributed by atoms with Crippen LogP contribution in [0.5, 0.6) is 0 Å². The van der Waals surface area contributed by atoms with Crippen LogP contribution in [0.3, 0.4) is 0 Å². The van der Waals surface area contributed by atoms with Gasteiger partial charge in [-0.15, -0.1) is 0 Å². The van der Waals surface area contributed by atoms with Crippen LogP contribution in [0.1, 0.15) is 23.7 Å². The highest BCUT2D eigenvalue weighted by Crippen LogP contribution is 2.38. The van der Waals surface area contributed by atoms with Crippen LogP contribution in [0, 0.1) is 11.8 Å². The van der Waals surface area contributed by atoms with Crippen molar-refractivity contribution in [3.8, 4) is 0 Å². The van der Waals surface area contributed by atoms with Crippen LogP contribution in [-0.2, 0) is 9.53 Å². The first-order valence-corrected chi connectivity index (χ1v) is 5.61. The van der Waals surface area contributed by atoms with Crippen LogP contribution in [0.4, 0.5) is 5.69 Å². The monoisotopic (exact) mass is 233 g/mol. The minimum absolute atomic E-state index is 0.0196. The molecule has 1 aliphatic carbocycles. The molecule has 1 amide bonds. The molecule has 2 unspecified atom stereocenters. The number of nitrogens with one attached hydrogen (secondary N) is 1. The first kappa shape index (κ1) is 11.6. The van der Waals surface area contributed by atoms with E-state index in [-0.39, 0.29) is 11.8 Å². The van der Waals surface area contributed by atoms with Crippen molar-refractivity contribution in [2.75, 3.05) is 12.4 Å². The standard InChI is InChI=1S/C13H15NO3/c1-8-7-10(8)12(15)14-11-6-4-3-5-9(11)13(16)17-2/h3-6,8,10H,7H2,1-2H3,(H,14,15). The molecule has 0 aromatic heterocycles. The third-order valence-corrected chi connectivity index (χ3v) is 3.04. The lowest BCUT2D eigenvalue weighted by Gasteiger charge is -2.09. The second kappa shape index (κ2) is 4.57. The molecule has 1 saturated carbocycles. The Morgan fingerprint density at radius 1 is 1.35 bits per heavy atom. The molecule has 1 aromatic carbocycles. The Kier molecular flexibility index (Phi) is 3.13. The van der Waals surface area contributed by atoms with Crippen molar-refractivity contribution >= 4 is 17.6 Å². The zero-order valence-corrected chi connectivity index (χ0v) is 9.90. The zero-order chi connectivity index (χ0) is 12.4. The molecule has 90 valence electrons. The maximum atomic E-state index is 11.8. The number of para-hydroxylation sites is 1. The molecule has 1 aliphatic rings. The molecule has 2 atom stereocenters. The largest absolute Gasteiger partial charge is 0.465 e. The van der Waals surface area contributed by atoms with Gasteiger partial charge in [0, 0.05) is 5.92 Å². The topological polar surface area (TPSA) is 55.4 Å². The Labute approximate surface area is 100.0 Å². The van der Waals surface area contributed by atoms with E-state index >= 15 is 0 Å². The van der Waals surface area contributed by atoms with Gasteiger partial charge in [0.15, 0.2) is 0 Å². The fraction of sp³-hybridized carbons (Fsp3) is 0.385. The molecule has 1 N–H and O–H groups in total. The van der Waals surface area contributed by atoms with E-state index < -0.39 is 5.97 Å². The number of hydrogen-bond acceptors (Lipinski definition) is 3. The molecule has 0 bridgehead atoms. The van der Waals surface area contributed by atoms with E-state index in [9.17, 15) is 9.59 Å². The molecule has 1 fully saturated rings. The molecular weight excluding hydrogens is 218 g/mol. The number of ether oxygens (including phenoxy) is 1. The maximum absolute atomic E-state index is 11.8. The average molecular weight is 233 g/mol. The molecule has 1 aromatic rings. The minimum atomic E-state index is -0.440. The lowest BCUT2D eigenvalue weighted by Crippen LogP contribution is -2.17. The average Bonchev–Trinajstić information content (AvgIpc) is 3.06. The fourth-order valence-electron chi connectivity index (χ4n) is 1.79. The smallest absolute Gasteiger partial charge is 0.339 e. The van der Waals surface area contributed by atoms with Gasteiger partial charge in [0.2, 0.25) is 5.91 Å². The SMILES string of the molecule is COC(=O)c1ccccc1NC(=O)C1CC1C. The van der Waals surface area contributed by atoms with Gasteiger partial charge in [0.25, 0.3) is 0 Å². The third-order valence-electron chi connectivity index (χ3n) is 3.04. The van der Waals surface area contributed by atoms with Gasteiger partial charge in [-0.1, -0.05) is 19.1 Å². The molecule has 4 heteroatoms. The second-order valence-electron chi connectivity index (χ2n) is 4.35. The first-order chi connectivity index (χ1) is 8.13. The Morgan fingerprint density at radius 3 is 2.59 bits per heavy atom. The summed E-state index contributed by atoms with van der Waals surface area (Å²) in [6.07, 6.45) is 0.923. The predicted molar refractivity (Wildman–Crippen MR) is 63.7 cm³/mol. The number of rotatable bonds is 3. The minimum Gasteiger partial charge on any atom is -0.465 e. The molecule has 2 rings (SSSR count). The highest BCUT2D eigenvalue weighted by Gasteiger charge is 2.39. The molecule has 4 nitrogen and oxygen atoms in total. The molecular formula is C13H15NO3. The Balaban J connectivity index is 2.15. The highest BCUT2D eigenvalue weighted by molar-refractivity contribution is 6.02. The summed E-state index contributed by atoms with van der Waals surface area (Å²) < 4.78 is 4.67. The lowest BCUT2D eigenvalue weighted by atomic mass is 10.1. The summed E-state index contributed by atoms with van der Waals surface area (Å²) in [6.45, 7) is 2.04. The molecule has 0 aliphatic heterocycles. The fourth-order valence-corrected chi connectivity index (χ4v) is 1.79. The van der Waals surface area contributed by atoms with Crippen LogP contribution < -0.4 is 5.32 Å². The summed E-state index contributed by atoms with van der Waals surface area (Å²) in [5.41, 5.74) is 0.903. The lowest BCUT2D eigenvalue weighted by molar-refractivity contribution is -0.117. The van der Waals surface area contributed by atoms with E-state index in [1.165, 1.54) is 7.11 Å². The van der Waals surface area contributed by atoms with E-state index in [2.05, 4.69) is 10.1 Å². The summed E-state index contributed by atoms with van der Waals surface area (Å²) in [4.78, 5) is 23.3. The summed E-state index contributed by atoms with van der Waals surface area (Å²) >= 11 is 0. The van der Waals surface area contributed by atoms with Gasteiger partial charge in [-0.05, 0) is 24.5 Å². The summed E-state index contributed by atoms with van der Waals surface area (Å²) in [5.74, 6) is 0.0691. The summed E-state index contributed by atoms with van der Waals surface area (Å²) in [6, 6.07) is 6.86. The molecule has 0 saturated heterocycles. The van der Waals surface area contributed by atoms with Crippen LogP contribution in [0.2, 0.25) is 0 Å². The molecule has 0 radical (unpaired) electrons. The quantitative estimate of drug-likeness (QED) is 0.813. The third kappa shape index (κ3) is 2.46. The van der Waals surface area contributed by atoms with E-state index in [4.69, 9.17) is 0 Å². The number of carbonyl (C=O) groups excluding carboxylic acids is 2. The van der Waals surface area contributed by atoms with Crippen molar-refractivity contribution in [2.45, 2.75) is 13.3 Å². The number of benzene rings is 1. The second-order valence-corrected chi connectivity index (χ2v) is 4.35. The van der Waals surface area contributed by atoms with Crippen molar-refractivity contribution in [2.24, 2.45) is 11.8 Å². The number of hydrogen-bond donors (Lipinski definition) is 1. The summed E-state index contributed by atoms with van der Waals surface area (Å²) in [5, 5.41) is 2.78. The van der Waals surface area contributed by atoms with Crippen LogP contribution in [0.25, 0.3) is 0 Å². The first-order valence-electron chi connectivity index (χ1n) is 5.61. The number of anilines is 1. The van der Waals surface area contributed by atoms with Gasteiger partial charge >= 0.3 is 5.97 Å². The predicted octanol–water partition coefficient (Wildman–Crippen LogP) is 2.07. The number of amides is 1. The normalized spacial score (nSPS) is 21.8. The van der Waals surface area contributed by atoms with Gasteiger partial charge in [-0.25, -0.2) is 4.79 Å². The van der Waals surface area contributed by atoms with Gasteiger partial charge in [0.05, 0.1) is 18.4 Å². The number of carbonyl (C=O) groups is 2. The van der Waals surface area contributed by atoms with Gasteiger partial charge in [-0.3, -0.25) is 4.79 Å². The van der Waals surface area contributed by atoms with Crippen molar-refractivity contribution in [3.63, 3.8) is 0 Å². The van der Waals surface area contributed by atoms with E-state index in [1.807, 2.05) is 6.92 Å². The van der Waals surface area contributed by atoms with Crippen molar-refractivity contribution < 1.29 is 14.3 Å². The van der Waals surface area contributed by atoms with Crippen LogP contribution in [0.15, 0.2) is 24.3 Å².